The van der Waals surface area contributed by atoms with Crippen LogP contribution in [0.4, 0.5) is 8.78 Å². The van der Waals surface area contributed by atoms with Crippen molar-refractivity contribution in [2.75, 3.05) is 14.2 Å². The Kier molecular flexibility index (Phi) is 6.28. The van der Waals surface area contributed by atoms with E-state index in [9.17, 15) is 18.8 Å². The fourth-order valence-electron chi connectivity index (χ4n) is 2.18. The van der Waals surface area contributed by atoms with Crippen molar-refractivity contribution in [2.24, 2.45) is 0 Å². The average molecular weight is 359 g/mol. The van der Waals surface area contributed by atoms with Crippen LogP contribution in [0, 0.1) is 11.3 Å². The molecule has 2 rings (SSSR count). The van der Waals surface area contributed by atoms with Crippen LogP contribution in [0.15, 0.2) is 48.0 Å². The first-order chi connectivity index (χ1) is 12.5. The second-order valence-corrected chi connectivity index (χ2v) is 5.02. The molecule has 0 aliphatic rings. The SMILES string of the molecule is COc1ccc(C(=O)C(C#N)=Cc2ccc(OC(F)F)c(OC)c2)cc1. The molecule has 0 heterocycles. The maximum atomic E-state index is 12.5. The van der Waals surface area contributed by atoms with Crippen LogP contribution in [-0.4, -0.2) is 26.6 Å². The Morgan fingerprint density at radius 2 is 1.77 bits per heavy atom. The number of rotatable bonds is 7. The Hall–Kier alpha value is -3.40. The number of carbonyl (C=O) groups is 1. The fraction of sp³-hybridized carbons (Fsp3) is 0.158. The van der Waals surface area contributed by atoms with Gasteiger partial charge in [0, 0.05) is 5.56 Å². The van der Waals surface area contributed by atoms with Crippen molar-refractivity contribution in [3.05, 3.63) is 59.2 Å². The number of allylic oxidation sites excluding steroid dienone is 1. The normalized spacial score (nSPS) is 11.0. The van der Waals surface area contributed by atoms with Gasteiger partial charge in [-0.25, -0.2) is 0 Å². The molecule has 0 unspecified atom stereocenters. The van der Waals surface area contributed by atoms with Gasteiger partial charge in [-0.3, -0.25) is 4.79 Å². The highest BCUT2D eigenvalue weighted by atomic mass is 19.3. The first-order valence-corrected chi connectivity index (χ1v) is 7.42. The molecule has 5 nitrogen and oxygen atoms in total. The fourth-order valence-corrected chi connectivity index (χ4v) is 2.18. The lowest BCUT2D eigenvalue weighted by atomic mass is 10.0. The summed E-state index contributed by atoms with van der Waals surface area (Å²) in [7, 11) is 2.81. The zero-order valence-electron chi connectivity index (χ0n) is 14.0. The van der Waals surface area contributed by atoms with Gasteiger partial charge in [0.05, 0.1) is 14.2 Å². The number of carbonyl (C=O) groups excluding carboxylic acids is 1. The van der Waals surface area contributed by atoms with Gasteiger partial charge in [-0.15, -0.1) is 0 Å². The number of alkyl halides is 2. The highest BCUT2D eigenvalue weighted by molar-refractivity contribution is 6.14. The Morgan fingerprint density at radius 3 is 2.31 bits per heavy atom. The monoisotopic (exact) mass is 359 g/mol. The summed E-state index contributed by atoms with van der Waals surface area (Å²) in [5, 5.41) is 9.30. The van der Waals surface area contributed by atoms with Gasteiger partial charge in [0.1, 0.15) is 17.4 Å². The van der Waals surface area contributed by atoms with Crippen LogP contribution in [0.3, 0.4) is 0 Å². The van der Waals surface area contributed by atoms with Gasteiger partial charge in [-0.05, 0) is 48.0 Å². The van der Waals surface area contributed by atoms with Crippen LogP contribution < -0.4 is 14.2 Å². The van der Waals surface area contributed by atoms with E-state index >= 15 is 0 Å². The molecule has 0 radical (unpaired) electrons. The zero-order valence-corrected chi connectivity index (χ0v) is 14.0. The highest BCUT2D eigenvalue weighted by Crippen LogP contribution is 2.30. The molecule has 0 spiro atoms. The molecule has 0 aromatic heterocycles. The summed E-state index contributed by atoms with van der Waals surface area (Å²) in [6, 6.07) is 12.3. The molecule has 0 fully saturated rings. The minimum absolute atomic E-state index is 0.0632. The van der Waals surface area contributed by atoms with Crippen LogP contribution in [0.5, 0.6) is 17.2 Å². The van der Waals surface area contributed by atoms with E-state index in [2.05, 4.69) is 4.74 Å². The molecule has 0 amide bonds. The number of hydrogen-bond donors (Lipinski definition) is 0. The molecule has 0 saturated carbocycles. The second-order valence-electron chi connectivity index (χ2n) is 5.02. The number of hydrogen-bond acceptors (Lipinski definition) is 5. The number of ketones is 1. The van der Waals surface area contributed by atoms with Crippen molar-refractivity contribution in [1.82, 2.24) is 0 Å². The van der Waals surface area contributed by atoms with Crippen molar-refractivity contribution in [2.45, 2.75) is 6.61 Å². The first-order valence-electron chi connectivity index (χ1n) is 7.42. The van der Waals surface area contributed by atoms with Gasteiger partial charge in [0.15, 0.2) is 11.5 Å². The predicted molar refractivity (Wildman–Crippen MR) is 90.5 cm³/mol. The van der Waals surface area contributed by atoms with Gasteiger partial charge < -0.3 is 14.2 Å². The summed E-state index contributed by atoms with van der Waals surface area (Å²) < 4.78 is 39.1. The van der Waals surface area contributed by atoms with Gasteiger partial charge in [-0.1, -0.05) is 6.07 Å². The van der Waals surface area contributed by atoms with E-state index in [0.29, 0.717) is 16.9 Å². The van der Waals surface area contributed by atoms with E-state index in [1.54, 1.807) is 24.3 Å². The maximum absolute atomic E-state index is 12.5. The quantitative estimate of drug-likeness (QED) is 0.423. The van der Waals surface area contributed by atoms with Gasteiger partial charge >= 0.3 is 6.61 Å². The summed E-state index contributed by atoms with van der Waals surface area (Å²) in [5.74, 6) is 0.0401. The van der Waals surface area contributed by atoms with E-state index in [0.717, 1.165) is 0 Å². The number of Topliss-reactive ketones (excluding diaryl/α,β-unsaturated/α-hetero) is 1. The van der Waals surface area contributed by atoms with Gasteiger partial charge in [0.2, 0.25) is 5.78 Å². The third kappa shape index (κ3) is 4.57. The maximum Gasteiger partial charge on any atom is 0.387 e. The molecule has 26 heavy (non-hydrogen) atoms. The molecule has 0 N–H and O–H groups in total. The predicted octanol–water partition coefficient (Wildman–Crippen LogP) is 4.10. The van der Waals surface area contributed by atoms with Gasteiger partial charge in [0.25, 0.3) is 0 Å². The molecule has 0 aliphatic heterocycles. The summed E-state index contributed by atoms with van der Waals surface area (Å²) in [6.07, 6.45) is 1.35. The molecule has 7 heteroatoms. The average Bonchev–Trinajstić information content (AvgIpc) is 2.66. The molecule has 0 bridgehead atoms. The first kappa shape index (κ1) is 18.9. The summed E-state index contributed by atoms with van der Waals surface area (Å²) in [5.41, 5.74) is 0.643. The van der Waals surface area contributed by atoms with E-state index < -0.39 is 12.4 Å². The standard InChI is InChI=1S/C19H15F2NO4/c1-24-15-6-4-13(5-7-15)18(23)14(11-22)9-12-3-8-16(26-19(20)21)17(10-12)25-2/h3-10,19H,1-2H3. The van der Waals surface area contributed by atoms with Crippen molar-refractivity contribution in [3.8, 4) is 23.3 Å². The van der Waals surface area contributed by atoms with E-state index in [4.69, 9.17) is 9.47 Å². The topological polar surface area (TPSA) is 68.6 Å². The lowest BCUT2D eigenvalue weighted by molar-refractivity contribution is -0.0512. The van der Waals surface area contributed by atoms with Crippen LogP contribution in [0.2, 0.25) is 0 Å². The second kappa shape index (κ2) is 8.62. The summed E-state index contributed by atoms with van der Waals surface area (Å²) >= 11 is 0. The smallest absolute Gasteiger partial charge is 0.387 e. The number of nitrogens with zero attached hydrogens (tertiary/aromatic N) is 1. The minimum Gasteiger partial charge on any atom is -0.497 e. The number of methoxy groups -OCH3 is 2. The lowest BCUT2D eigenvalue weighted by Crippen LogP contribution is -2.04. The molecule has 0 saturated heterocycles. The minimum atomic E-state index is -2.99. The highest BCUT2D eigenvalue weighted by Gasteiger charge is 2.14. The summed E-state index contributed by atoms with van der Waals surface area (Å²) in [4.78, 5) is 12.5. The molecule has 0 atom stereocenters. The van der Waals surface area contributed by atoms with Crippen LogP contribution in [0.1, 0.15) is 15.9 Å². The van der Waals surface area contributed by atoms with Crippen molar-refractivity contribution < 1.29 is 27.8 Å². The molecule has 2 aromatic rings. The largest absolute Gasteiger partial charge is 0.497 e. The van der Waals surface area contributed by atoms with Crippen molar-refractivity contribution in [1.29, 1.82) is 5.26 Å². The van der Waals surface area contributed by atoms with E-state index in [1.165, 1.54) is 38.5 Å². The number of ether oxygens (including phenoxy) is 3. The Labute approximate surface area is 149 Å². The molecular formula is C19H15F2NO4. The Balaban J connectivity index is 2.32. The number of benzene rings is 2. The number of nitriles is 1. The molecular weight excluding hydrogens is 344 g/mol. The molecule has 0 aliphatic carbocycles. The van der Waals surface area contributed by atoms with E-state index in [1.807, 2.05) is 6.07 Å². The van der Waals surface area contributed by atoms with E-state index in [-0.39, 0.29) is 17.1 Å². The third-order valence-electron chi connectivity index (χ3n) is 3.43. The molecule has 2 aromatic carbocycles. The summed E-state index contributed by atoms with van der Waals surface area (Å²) in [6.45, 7) is -2.99. The van der Waals surface area contributed by atoms with Crippen molar-refractivity contribution >= 4 is 11.9 Å². The third-order valence-corrected chi connectivity index (χ3v) is 3.43. The lowest BCUT2D eigenvalue weighted by Gasteiger charge is -2.10. The van der Waals surface area contributed by atoms with Crippen LogP contribution in [-0.2, 0) is 0 Å². The zero-order chi connectivity index (χ0) is 19.1. The van der Waals surface area contributed by atoms with Gasteiger partial charge in [-0.2, -0.15) is 14.0 Å². The Bertz CT molecular complexity index is 855. The molecule has 134 valence electrons. The van der Waals surface area contributed by atoms with Crippen molar-refractivity contribution in [3.63, 3.8) is 0 Å². The van der Waals surface area contributed by atoms with Crippen LogP contribution >= 0.6 is 0 Å². The Morgan fingerprint density at radius 1 is 1.08 bits per heavy atom. The van der Waals surface area contributed by atoms with Crippen LogP contribution in [0.25, 0.3) is 6.08 Å². The number of halogens is 2.